The fourth-order valence-electron chi connectivity index (χ4n) is 2.98. The zero-order valence-electron chi connectivity index (χ0n) is 15.8. The number of carbonyl (C=O) groups is 1. The van der Waals surface area contributed by atoms with Gasteiger partial charge in [0, 0.05) is 41.4 Å². The van der Waals surface area contributed by atoms with E-state index in [4.69, 9.17) is 12.2 Å². The normalized spacial score (nSPS) is 10.8. The highest BCUT2D eigenvalue weighted by Gasteiger charge is 2.11. The largest absolute Gasteiger partial charge is 0.326 e. The van der Waals surface area contributed by atoms with Crippen molar-refractivity contribution in [2.45, 2.75) is 19.9 Å². The van der Waals surface area contributed by atoms with E-state index in [-0.39, 0.29) is 12.3 Å². The lowest BCUT2D eigenvalue weighted by Gasteiger charge is -2.09. The fourth-order valence-corrected chi connectivity index (χ4v) is 3.84. The van der Waals surface area contributed by atoms with Gasteiger partial charge in [0.05, 0.1) is 0 Å². The number of thiazole rings is 1. The lowest BCUT2D eigenvalue weighted by molar-refractivity contribution is -0.116. The molecule has 29 heavy (non-hydrogen) atoms. The Morgan fingerprint density at radius 1 is 1.21 bits per heavy atom. The van der Waals surface area contributed by atoms with E-state index in [1.54, 1.807) is 17.5 Å². The number of aromatic nitrogens is 4. The van der Waals surface area contributed by atoms with Crippen LogP contribution in [0.2, 0.25) is 0 Å². The highest BCUT2D eigenvalue weighted by Crippen LogP contribution is 2.24. The quantitative estimate of drug-likeness (QED) is 0.426. The summed E-state index contributed by atoms with van der Waals surface area (Å²) in [6.07, 6.45) is 2.06. The molecular weight excluding hydrogens is 402 g/mol. The predicted molar refractivity (Wildman–Crippen MR) is 118 cm³/mol. The van der Waals surface area contributed by atoms with Crippen LogP contribution < -0.4 is 5.32 Å². The average Bonchev–Trinajstić information content (AvgIpc) is 3.38. The molecule has 0 atom stereocenters. The van der Waals surface area contributed by atoms with Gasteiger partial charge in [0.1, 0.15) is 5.01 Å². The van der Waals surface area contributed by atoms with Crippen molar-refractivity contribution in [3.05, 3.63) is 70.4 Å². The number of H-pyrrole nitrogens is 1. The third kappa shape index (κ3) is 4.49. The lowest BCUT2D eigenvalue weighted by Crippen LogP contribution is -2.15. The molecule has 0 aliphatic carbocycles. The van der Waals surface area contributed by atoms with Gasteiger partial charge in [-0.2, -0.15) is 5.10 Å². The van der Waals surface area contributed by atoms with Crippen LogP contribution in [0.5, 0.6) is 0 Å². The summed E-state index contributed by atoms with van der Waals surface area (Å²) < 4.78 is 2.35. The first-order valence-electron chi connectivity index (χ1n) is 9.12. The zero-order chi connectivity index (χ0) is 20.2. The van der Waals surface area contributed by atoms with E-state index in [1.165, 1.54) is 5.56 Å². The van der Waals surface area contributed by atoms with Crippen LogP contribution in [0.3, 0.4) is 0 Å². The number of amides is 1. The highest BCUT2D eigenvalue weighted by molar-refractivity contribution is 7.71. The van der Waals surface area contributed by atoms with Gasteiger partial charge in [-0.1, -0.05) is 42.0 Å². The summed E-state index contributed by atoms with van der Waals surface area (Å²) in [5, 5.41) is 13.0. The SMILES string of the molecule is Cc1ccc(-c2n[nH]c(=S)n2CCC(=O)Nc2cccc(-c3nccs3)c2)cc1. The maximum Gasteiger partial charge on any atom is 0.226 e. The Balaban J connectivity index is 1.44. The van der Waals surface area contributed by atoms with Gasteiger partial charge in [0.15, 0.2) is 10.6 Å². The van der Waals surface area contributed by atoms with Crippen molar-refractivity contribution >= 4 is 35.1 Å². The topological polar surface area (TPSA) is 75.6 Å². The Bertz CT molecular complexity index is 1180. The second-order valence-electron chi connectivity index (χ2n) is 6.59. The Morgan fingerprint density at radius 2 is 2.03 bits per heavy atom. The van der Waals surface area contributed by atoms with E-state index in [0.29, 0.717) is 11.3 Å². The summed E-state index contributed by atoms with van der Waals surface area (Å²) in [7, 11) is 0. The van der Waals surface area contributed by atoms with E-state index < -0.39 is 0 Å². The molecule has 0 radical (unpaired) electrons. The van der Waals surface area contributed by atoms with Gasteiger partial charge < -0.3 is 5.32 Å². The molecule has 0 aliphatic rings. The maximum absolute atomic E-state index is 12.5. The van der Waals surface area contributed by atoms with Crippen LogP contribution in [0.25, 0.3) is 22.0 Å². The number of hydrogen-bond acceptors (Lipinski definition) is 5. The minimum Gasteiger partial charge on any atom is -0.326 e. The van der Waals surface area contributed by atoms with Crippen LogP contribution in [0.1, 0.15) is 12.0 Å². The number of benzene rings is 2. The highest BCUT2D eigenvalue weighted by atomic mass is 32.1. The number of nitrogens with zero attached hydrogens (tertiary/aromatic N) is 3. The minimum absolute atomic E-state index is 0.0840. The second-order valence-corrected chi connectivity index (χ2v) is 7.87. The number of aryl methyl sites for hydroxylation is 1. The zero-order valence-corrected chi connectivity index (χ0v) is 17.4. The van der Waals surface area contributed by atoms with Crippen LogP contribution in [-0.4, -0.2) is 25.7 Å². The third-order valence-electron chi connectivity index (χ3n) is 4.46. The molecule has 4 aromatic rings. The smallest absolute Gasteiger partial charge is 0.226 e. The van der Waals surface area contributed by atoms with Gasteiger partial charge in [0.25, 0.3) is 0 Å². The summed E-state index contributed by atoms with van der Waals surface area (Å²) >= 11 is 6.92. The molecule has 0 unspecified atom stereocenters. The second kappa shape index (κ2) is 8.50. The molecule has 1 amide bonds. The third-order valence-corrected chi connectivity index (χ3v) is 5.59. The fraction of sp³-hybridized carbons (Fsp3) is 0.143. The number of rotatable bonds is 6. The summed E-state index contributed by atoms with van der Waals surface area (Å²) in [6.45, 7) is 2.48. The van der Waals surface area contributed by atoms with Crippen LogP contribution in [0.4, 0.5) is 5.69 Å². The molecule has 146 valence electrons. The Hall–Kier alpha value is -3.10. The van der Waals surface area contributed by atoms with E-state index in [9.17, 15) is 4.79 Å². The van der Waals surface area contributed by atoms with Crippen LogP contribution >= 0.6 is 23.6 Å². The molecule has 2 aromatic carbocycles. The average molecular weight is 422 g/mol. The van der Waals surface area contributed by atoms with E-state index in [2.05, 4.69) is 20.5 Å². The summed E-state index contributed by atoms with van der Waals surface area (Å²) in [5.41, 5.74) is 3.86. The first-order chi connectivity index (χ1) is 14.1. The summed E-state index contributed by atoms with van der Waals surface area (Å²) in [5.74, 6) is 0.646. The van der Waals surface area contributed by atoms with Gasteiger partial charge >= 0.3 is 0 Å². The molecule has 6 nitrogen and oxygen atoms in total. The number of carbonyl (C=O) groups excluding carboxylic acids is 1. The molecule has 8 heteroatoms. The Morgan fingerprint density at radius 3 is 2.79 bits per heavy atom. The minimum atomic E-state index is -0.0840. The summed E-state index contributed by atoms with van der Waals surface area (Å²) in [6, 6.07) is 15.7. The molecule has 4 rings (SSSR count). The van der Waals surface area contributed by atoms with Crippen LogP contribution in [0, 0.1) is 11.7 Å². The number of anilines is 1. The standard InChI is InChI=1S/C21H19N5OS2/c1-14-5-7-15(8-6-14)19-24-25-21(28)26(19)11-9-18(27)23-17-4-2-3-16(13-17)20-22-10-12-29-20/h2-8,10,12-13H,9,11H2,1H3,(H,23,27)(H,25,28). The first-order valence-corrected chi connectivity index (χ1v) is 10.4. The number of hydrogen-bond donors (Lipinski definition) is 2. The van der Waals surface area contributed by atoms with E-state index >= 15 is 0 Å². The number of nitrogens with one attached hydrogen (secondary N) is 2. The van der Waals surface area contributed by atoms with Crippen molar-refractivity contribution in [2.24, 2.45) is 0 Å². The maximum atomic E-state index is 12.5. The van der Waals surface area contributed by atoms with Gasteiger partial charge in [-0.05, 0) is 31.3 Å². The predicted octanol–water partition coefficient (Wildman–Crippen LogP) is 5.07. The Labute approximate surface area is 177 Å². The van der Waals surface area contributed by atoms with Gasteiger partial charge in [0.2, 0.25) is 5.91 Å². The van der Waals surface area contributed by atoms with Crippen molar-refractivity contribution in [1.29, 1.82) is 0 Å². The Kier molecular flexibility index (Phi) is 5.64. The molecule has 2 aromatic heterocycles. The van der Waals surface area contributed by atoms with Crippen LogP contribution in [-0.2, 0) is 11.3 Å². The van der Waals surface area contributed by atoms with Crippen molar-refractivity contribution in [2.75, 3.05) is 5.32 Å². The molecule has 0 aliphatic heterocycles. The van der Waals surface area contributed by atoms with Gasteiger partial charge in [-0.15, -0.1) is 11.3 Å². The summed E-state index contributed by atoms with van der Waals surface area (Å²) in [4.78, 5) is 16.8. The molecule has 0 spiro atoms. The molecule has 0 saturated carbocycles. The molecule has 2 heterocycles. The molecule has 2 N–H and O–H groups in total. The molecule has 0 fully saturated rings. The monoisotopic (exact) mass is 421 g/mol. The molecule has 0 saturated heterocycles. The van der Waals surface area contributed by atoms with Crippen molar-refractivity contribution in [3.8, 4) is 22.0 Å². The molecular formula is C21H19N5OS2. The van der Waals surface area contributed by atoms with Crippen molar-refractivity contribution in [1.82, 2.24) is 19.7 Å². The van der Waals surface area contributed by atoms with Crippen LogP contribution in [0.15, 0.2) is 60.1 Å². The van der Waals surface area contributed by atoms with Gasteiger partial charge in [-0.25, -0.2) is 4.98 Å². The van der Waals surface area contributed by atoms with Gasteiger partial charge in [-0.3, -0.25) is 14.5 Å². The first kappa shape index (κ1) is 19.2. The molecule has 0 bridgehead atoms. The lowest BCUT2D eigenvalue weighted by atomic mass is 10.1. The number of aromatic amines is 1. The van der Waals surface area contributed by atoms with E-state index in [1.807, 2.05) is 65.4 Å². The van der Waals surface area contributed by atoms with E-state index in [0.717, 1.165) is 27.6 Å². The van der Waals surface area contributed by atoms with Crippen molar-refractivity contribution < 1.29 is 4.79 Å². The van der Waals surface area contributed by atoms with Crippen molar-refractivity contribution in [3.63, 3.8) is 0 Å².